The predicted octanol–water partition coefficient (Wildman–Crippen LogP) is 3.47. The molecule has 2 rings (SSSR count). The first-order valence-corrected chi connectivity index (χ1v) is 6.01. The summed E-state index contributed by atoms with van der Waals surface area (Å²) >= 11 is 0. The van der Waals surface area contributed by atoms with E-state index < -0.39 is 0 Å². The van der Waals surface area contributed by atoms with E-state index in [0.717, 1.165) is 22.4 Å². The number of hydrogen-bond acceptors (Lipinski definition) is 2. The Hall–Kier alpha value is -1.80. The molecule has 0 aliphatic heterocycles. The fourth-order valence-electron chi connectivity index (χ4n) is 2.18. The molecule has 0 fully saturated rings. The number of benzene rings is 2. The van der Waals surface area contributed by atoms with Crippen LogP contribution in [0.15, 0.2) is 36.4 Å². The van der Waals surface area contributed by atoms with Crippen LogP contribution in [0.4, 0.5) is 0 Å². The standard InChI is InChI=1S/C16H18O2/c1-11-4-6-14(12(2)8-11)15-9-13(10-17)5-7-16(15)18-3/h4-9,17H,10H2,1-3H3. The lowest BCUT2D eigenvalue weighted by Gasteiger charge is -2.13. The first-order valence-electron chi connectivity index (χ1n) is 6.01. The number of aryl methyl sites for hydroxylation is 2. The van der Waals surface area contributed by atoms with E-state index in [1.54, 1.807) is 7.11 Å². The number of hydrogen-bond donors (Lipinski definition) is 1. The van der Waals surface area contributed by atoms with Crippen molar-refractivity contribution in [1.82, 2.24) is 0 Å². The summed E-state index contributed by atoms with van der Waals surface area (Å²) in [5, 5.41) is 9.25. The van der Waals surface area contributed by atoms with E-state index in [-0.39, 0.29) is 6.61 Å². The highest BCUT2D eigenvalue weighted by Crippen LogP contribution is 2.33. The first-order chi connectivity index (χ1) is 8.65. The van der Waals surface area contributed by atoms with Crippen molar-refractivity contribution in [3.8, 4) is 16.9 Å². The van der Waals surface area contributed by atoms with Crippen LogP contribution >= 0.6 is 0 Å². The normalized spacial score (nSPS) is 10.4. The van der Waals surface area contributed by atoms with Crippen molar-refractivity contribution in [3.05, 3.63) is 53.1 Å². The zero-order valence-electron chi connectivity index (χ0n) is 11.0. The highest BCUT2D eigenvalue weighted by molar-refractivity contribution is 5.74. The van der Waals surface area contributed by atoms with Gasteiger partial charge >= 0.3 is 0 Å². The fourth-order valence-corrected chi connectivity index (χ4v) is 2.18. The molecule has 0 radical (unpaired) electrons. The Morgan fingerprint density at radius 1 is 1.00 bits per heavy atom. The summed E-state index contributed by atoms with van der Waals surface area (Å²) in [5.41, 5.74) is 5.52. The van der Waals surface area contributed by atoms with Crippen LogP contribution in [0.5, 0.6) is 5.75 Å². The summed E-state index contributed by atoms with van der Waals surface area (Å²) in [6.45, 7) is 4.22. The Kier molecular flexibility index (Phi) is 3.68. The summed E-state index contributed by atoms with van der Waals surface area (Å²) in [7, 11) is 1.67. The third-order valence-corrected chi connectivity index (χ3v) is 3.12. The van der Waals surface area contributed by atoms with Gasteiger partial charge in [0.15, 0.2) is 0 Å². The van der Waals surface area contributed by atoms with E-state index in [9.17, 15) is 5.11 Å². The summed E-state index contributed by atoms with van der Waals surface area (Å²) in [4.78, 5) is 0. The van der Waals surface area contributed by atoms with E-state index in [1.165, 1.54) is 11.1 Å². The van der Waals surface area contributed by atoms with Crippen LogP contribution in [0.2, 0.25) is 0 Å². The van der Waals surface area contributed by atoms with Gasteiger partial charge in [-0.05, 0) is 42.7 Å². The van der Waals surface area contributed by atoms with Gasteiger partial charge in [0.05, 0.1) is 13.7 Å². The van der Waals surface area contributed by atoms with Gasteiger partial charge in [-0.1, -0.05) is 29.8 Å². The quantitative estimate of drug-likeness (QED) is 0.893. The molecule has 0 atom stereocenters. The monoisotopic (exact) mass is 242 g/mol. The lowest BCUT2D eigenvalue weighted by molar-refractivity contribution is 0.281. The maximum atomic E-state index is 9.25. The molecule has 0 saturated carbocycles. The Bertz CT molecular complexity index is 559. The van der Waals surface area contributed by atoms with Crippen LogP contribution in [-0.2, 0) is 6.61 Å². The molecule has 94 valence electrons. The Morgan fingerprint density at radius 2 is 1.78 bits per heavy atom. The summed E-state index contributed by atoms with van der Waals surface area (Å²) < 4.78 is 5.40. The van der Waals surface area contributed by atoms with Gasteiger partial charge in [0.1, 0.15) is 5.75 Å². The van der Waals surface area contributed by atoms with E-state index in [1.807, 2.05) is 18.2 Å². The number of ether oxygens (including phenoxy) is 1. The maximum Gasteiger partial charge on any atom is 0.126 e. The van der Waals surface area contributed by atoms with Crippen LogP contribution in [-0.4, -0.2) is 12.2 Å². The second-order valence-corrected chi connectivity index (χ2v) is 4.51. The number of rotatable bonds is 3. The van der Waals surface area contributed by atoms with Gasteiger partial charge in [-0.2, -0.15) is 0 Å². The minimum absolute atomic E-state index is 0.0436. The van der Waals surface area contributed by atoms with E-state index in [0.29, 0.717) is 0 Å². The highest BCUT2D eigenvalue weighted by atomic mass is 16.5. The number of aliphatic hydroxyl groups is 1. The lowest BCUT2D eigenvalue weighted by atomic mass is 9.96. The molecule has 1 N–H and O–H groups in total. The fraction of sp³-hybridized carbons (Fsp3) is 0.250. The van der Waals surface area contributed by atoms with Gasteiger partial charge in [0.25, 0.3) is 0 Å². The average Bonchev–Trinajstić information content (AvgIpc) is 2.38. The molecule has 0 saturated heterocycles. The van der Waals surface area contributed by atoms with Crippen molar-refractivity contribution in [2.45, 2.75) is 20.5 Å². The summed E-state index contributed by atoms with van der Waals surface area (Å²) in [5.74, 6) is 0.833. The van der Waals surface area contributed by atoms with E-state index in [4.69, 9.17) is 4.74 Å². The van der Waals surface area contributed by atoms with E-state index in [2.05, 4.69) is 32.0 Å². The number of methoxy groups -OCH3 is 1. The second kappa shape index (κ2) is 5.23. The van der Waals surface area contributed by atoms with Gasteiger partial charge in [-0.25, -0.2) is 0 Å². The van der Waals surface area contributed by atoms with Crippen LogP contribution in [0, 0.1) is 13.8 Å². The van der Waals surface area contributed by atoms with Gasteiger partial charge in [0, 0.05) is 5.56 Å². The third kappa shape index (κ3) is 2.39. The van der Waals surface area contributed by atoms with Crippen molar-refractivity contribution in [2.75, 3.05) is 7.11 Å². The molecule has 0 unspecified atom stereocenters. The summed E-state index contributed by atoms with van der Waals surface area (Å²) in [6, 6.07) is 12.1. The Labute approximate surface area is 108 Å². The minimum atomic E-state index is 0.0436. The third-order valence-electron chi connectivity index (χ3n) is 3.12. The molecule has 18 heavy (non-hydrogen) atoms. The van der Waals surface area contributed by atoms with E-state index >= 15 is 0 Å². The Morgan fingerprint density at radius 3 is 2.39 bits per heavy atom. The molecule has 0 aliphatic carbocycles. The average molecular weight is 242 g/mol. The SMILES string of the molecule is COc1ccc(CO)cc1-c1ccc(C)cc1C. The lowest BCUT2D eigenvalue weighted by Crippen LogP contribution is -1.93. The van der Waals surface area contributed by atoms with Crippen molar-refractivity contribution >= 4 is 0 Å². The van der Waals surface area contributed by atoms with Crippen molar-refractivity contribution in [1.29, 1.82) is 0 Å². The number of aliphatic hydroxyl groups excluding tert-OH is 1. The summed E-state index contributed by atoms with van der Waals surface area (Å²) in [6.07, 6.45) is 0. The second-order valence-electron chi connectivity index (χ2n) is 4.51. The molecule has 0 spiro atoms. The molecule has 2 heteroatoms. The molecule has 0 aromatic heterocycles. The predicted molar refractivity (Wildman–Crippen MR) is 73.8 cm³/mol. The van der Waals surface area contributed by atoms with Gasteiger partial charge < -0.3 is 9.84 Å². The Balaban J connectivity index is 2.60. The zero-order chi connectivity index (χ0) is 13.1. The molecule has 2 aromatic rings. The minimum Gasteiger partial charge on any atom is -0.496 e. The van der Waals surface area contributed by atoms with Gasteiger partial charge in [-0.3, -0.25) is 0 Å². The molecule has 0 aliphatic rings. The maximum absolute atomic E-state index is 9.25. The molecule has 0 amide bonds. The van der Waals surface area contributed by atoms with Crippen molar-refractivity contribution in [2.24, 2.45) is 0 Å². The highest BCUT2D eigenvalue weighted by Gasteiger charge is 2.09. The van der Waals surface area contributed by atoms with Crippen LogP contribution in [0.25, 0.3) is 11.1 Å². The first kappa shape index (κ1) is 12.7. The van der Waals surface area contributed by atoms with Crippen LogP contribution in [0.3, 0.4) is 0 Å². The smallest absolute Gasteiger partial charge is 0.126 e. The van der Waals surface area contributed by atoms with Crippen molar-refractivity contribution in [3.63, 3.8) is 0 Å². The van der Waals surface area contributed by atoms with Gasteiger partial charge in [0.2, 0.25) is 0 Å². The van der Waals surface area contributed by atoms with Crippen LogP contribution in [0.1, 0.15) is 16.7 Å². The van der Waals surface area contributed by atoms with Crippen molar-refractivity contribution < 1.29 is 9.84 Å². The molecule has 0 bridgehead atoms. The topological polar surface area (TPSA) is 29.5 Å². The van der Waals surface area contributed by atoms with Crippen LogP contribution < -0.4 is 4.74 Å². The van der Waals surface area contributed by atoms with Gasteiger partial charge in [-0.15, -0.1) is 0 Å². The zero-order valence-corrected chi connectivity index (χ0v) is 11.0. The molecule has 0 heterocycles. The molecular formula is C16H18O2. The molecule has 2 aromatic carbocycles. The molecule has 2 nitrogen and oxygen atoms in total. The largest absolute Gasteiger partial charge is 0.496 e. The molecular weight excluding hydrogens is 224 g/mol.